The summed E-state index contributed by atoms with van der Waals surface area (Å²) in [5.41, 5.74) is 5.61. The Kier molecular flexibility index (Phi) is 5.32. The monoisotopic (exact) mass is 303 g/mol. The highest BCUT2D eigenvalue weighted by Gasteiger charge is 2.25. The molecule has 0 aliphatic carbocycles. The van der Waals surface area contributed by atoms with Gasteiger partial charge in [0.1, 0.15) is 6.10 Å². The molecule has 0 heterocycles. The summed E-state index contributed by atoms with van der Waals surface area (Å²) in [5.74, 6) is -2.02. The van der Waals surface area contributed by atoms with Gasteiger partial charge in [-0.25, -0.2) is 4.79 Å². The van der Waals surface area contributed by atoms with Gasteiger partial charge in [0.25, 0.3) is 0 Å². The second-order valence-corrected chi connectivity index (χ2v) is 4.47. The van der Waals surface area contributed by atoms with Crippen molar-refractivity contribution in [3.63, 3.8) is 0 Å². The third-order valence-electron chi connectivity index (χ3n) is 2.64. The second-order valence-electron chi connectivity index (χ2n) is 4.06. The lowest BCUT2D eigenvalue weighted by Crippen LogP contribution is -2.22. The van der Waals surface area contributed by atoms with Gasteiger partial charge in [-0.05, 0) is 12.1 Å². The number of aliphatic hydroxyl groups excluding tert-OH is 2. The van der Waals surface area contributed by atoms with Crippen LogP contribution < -0.4 is 5.73 Å². The highest BCUT2D eigenvalue weighted by atomic mass is 35.5. The number of rotatable bonds is 5. The minimum atomic E-state index is -1.57. The fraction of sp³-hybridized carbons (Fsp3) is 0.333. The fourth-order valence-electron chi connectivity index (χ4n) is 1.62. The third kappa shape index (κ3) is 3.60. The first kappa shape index (κ1) is 16.2. The number of nitrogen functional groups attached to an aromatic ring is 1. The van der Waals surface area contributed by atoms with Crippen molar-refractivity contribution in [2.75, 3.05) is 12.8 Å². The molecule has 8 heteroatoms. The maximum Gasteiger partial charge on any atom is 0.339 e. The molecule has 1 aromatic rings. The predicted molar refractivity (Wildman–Crippen MR) is 70.4 cm³/mol. The van der Waals surface area contributed by atoms with E-state index >= 15 is 0 Å². The average molecular weight is 304 g/mol. The maximum absolute atomic E-state index is 11.5. The summed E-state index contributed by atoms with van der Waals surface area (Å²) in [4.78, 5) is 22.0. The first-order valence-electron chi connectivity index (χ1n) is 5.53. The van der Waals surface area contributed by atoms with Crippen LogP contribution in [0.15, 0.2) is 12.1 Å². The largest absolute Gasteiger partial charge is 0.481 e. The predicted octanol–water partition coefficient (Wildman–Crippen LogP) is 0.578. The van der Waals surface area contributed by atoms with E-state index in [0.29, 0.717) is 0 Å². The van der Waals surface area contributed by atoms with E-state index in [1.807, 2.05) is 0 Å². The summed E-state index contributed by atoms with van der Waals surface area (Å²) < 4.78 is 4.52. The quantitative estimate of drug-likeness (QED) is 0.462. The van der Waals surface area contributed by atoms with Crippen LogP contribution >= 0.6 is 11.6 Å². The topological polar surface area (TPSA) is 130 Å². The van der Waals surface area contributed by atoms with E-state index in [1.165, 1.54) is 12.1 Å². The van der Waals surface area contributed by atoms with Crippen LogP contribution in [0.25, 0.3) is 0 Å². The van der Waals surface area contributed by atoms with Crippen molar-refractivity contribution in [2.24, 2.45) is 0 Å². The first-order valence-corrected chi connectivity index (χ1v) is 5.90. The van der Waals surface area contributed by atoms with Gasteiger partial charge in [-0.2, -0.15) is 0 Å². The standard InChI is InChI=1S/C12H14ClNO6/c1-20-12(19)6-2-5(7(13)3-8(6)14)11(18)9(15)4-10(16)17/h2-3,9,11,15,18H,4,14H2,1H3,(H,16,17). The zero-order chi connectivity index (χ0) is 15.4. The summed E-state index contributed by atoms with van der Waals surface area (Å²) in [7, 11) is 1.16. The van der Waals surface area contributed by atoms with Crippen LogP contribution in [0.4, 0.5) is 5.69 Å². The molecule has 0 aromatic heterocycles. The highest BCUT2D eigenvalue weighted by Crippen LogP contribution is 2.31. The van der Waals surface area contributed by atoms with Gasteiger partial charge < -0.3 is 25.8 Å². The molecule has 0 amide bonds. The minimum Gasteiger partial charge on any atom is -0.481 e. The third-order valence-corrected chi connectivity index (χ3v) is 2.97. The fourth-order valence-corrected chi connectivity index (χ4v) is 1.90. The molecule has 2 unspecified atom stereocenters. The van der Waals surface area contributed by atoms with Gasteiger partial charge in [-0.3, -0.25) is 4.79 Å². The number of carboxylic acid groups (broad SMARTS) is 1. The van der Waals surface area contributed by atoms with Crippen LogP contribution in [0.2, 0.25) is 5.02 Å². The molecule has 7 nitrogen and oxygen atoms in total. The van der Waals surface area contributed by atoms with Crippen molar-refractivity contribution < 1.29 is 29.6 Å². The molecule has 1 aromatic carbocycles. The summed E-state index contributed by atoms with van der Waals surface area (Å²) in [6, 6.07) is 2.39. The van der Waals surface area contributed by atoms with Crippen molar-refractivity contribution in [1.82, 2.24) is 0 Å². The van der Waals surface area contributed by atoms with Crippen LogP contribution in [0.1, 0.15) is 28.4 Å². The Morgan fingerprint density at radius 2 is 2.00 bits per heavy atom. The van der Waals surface area contributed by atoms with Crippen LogP contribution in [0.5, 0.6) is 0 Å². The Morgan fingerprint density at radius 1 is 1.40 bits per heavy atom. The van der Waals surface area contributed by atoms with E-state index in [4.69, 9.17) is 22.4 Å². The molecule has 0 radical (unpaired) electrons. The number of aliphatic hydroxyl groups is 2. The summed E-state index contributed by atoms with van der Waals surface area (Å²) in [6.45, 7) is 0. The molecule has 110 valence electrons. The lowest BCUT2D eigenvalue weighted by Gasteiger charge is -2.19. The van der Waals surface area contributed by atoms with Crippen molar-refractivity contribution in [3.8, 4) is 0 Å². The van der Waals surface area contributed by atoms with Crippen molar-refractivity contribution in [2.45, 2.75) is 18.6 Å². The lowest BCUT2D eigenvalue weighted by atomic mass is 9.99. The second kappa shape index (κ2) is 6.56. The van der Waals surface area contributed by atoms with E-state index in [0.717, 1.165) is 7.11 Å². The Bertz CT molecular complexity index is 533. The number of nitrogens with two attached hydrogens (primary N) is 1. The number of ether oxygens (including phenoxy) is 1. The molecule has 0 saturated carbocycles. The Morgan fingerprint density at radius 3 is 2.50 bits per heavy atom. The van der Waals surface area contributed by atoms with Gasteiger partial charge in [0, 0.05) is 16.3 Å². The number of hydrogen-bond donors (Lipinski definition) is 4. The number of anilines is 1. The molecule has 0 fully saturated rings. The average Bonchev–Trinajstić information content (AvgIpc) is 2.36. The number of esters is 1. The zero-order valence-corrected chi connectivity index (χ0v) is 11.3. The van der Waals surface area contributed by atoms with E-state index < -0.39 is 30.6 Å². The van der Waals surface area contributed by atoms with Crippen LogP contribution in [-0.2, 0) is 9.53 Å². The molecule has 20 heavy (non-hydrogen) atoms. The number of methoxy groups -OCH3 is 1. The van der Waals surface area contributed by atoms with Gasteiger partial charge in [-0.1, -0.05) is 11.6 Å². The number of carboxylic acids is 1. The molecule has 0 spiro atoms. The highest BCUT2D eigenvalue weighted by molar-refractivity contribution is 6.32. The summed E-state index contributed by atoms with van der Waals surface area (Å²) in [6.07, 6.45) is -3.81. The lowest BCUT2D eigenvalue weighted by molar-refractivity contribution is -0.141. The number of benzene rings is 1. The van der Waals surface area contributed by atoms with Crippen molar-refractivity contribution >= 4 is 29.2 Å². The van der Waals surface area contributed by atoms with Gasteiger partial charge in [0.15, 0.2) is 0 Å². The van der Waals surface area contributed by atoms with E-state index in [2.05, 4.69) is 4.74 Å². The Labute approximate surface area is 119 Å². The zero-order valence-electron chi connectivity index (χ0n) is 10.5. The van der Waals surface area contributed by atoms with Gasteiger partial charge in [0.2, 0.25) is 0 Å². The smallest absolute Gasteiger partial charge is 0.339 e. The molecule has 0 saturated heterocycles. The van der Waals surface area contributed by atoms with Gasteiger partial charge >= 0.3 is 11.9 Å². The normalized spacial score (nSPS) is 13.6. The van der Waals surface area contributed by atoms with E-state index in [-0.39, 0.29) is 21.8 Å². The summed E-state index contributed by atoms with van der Waals surface area (Å²) >= 11 is 5.87. The van der Waals surface area contributed by atoms with Crippen LogP contribution in [-0.4, -0.2) is 40.5 Å². The SMILES string of the molecule is COC(=O)c1cc(C(O)C(O)CC(=O)O)c(Cl)cc1N. The molecule has 5 N–H and O–H groups in total. The summed E-state index contributed by atoms with van der Waals surface area (Å²) in [5, 5.41) is 28.1. The Hall–Kier alpha value is -1.83. The first-order chi connectivity index (χ1) is 9.27. The van der Waals surface area contributed by atoms with Crippen molar-refractivity contribution in [1.29, 1.82) is 0 Å². The van der Waals surface area contributed by atoms with Crippen LogP contribution in [0.3, 0.4) is 0 Å². The van der Waals surface area contributed by atoms with Crippen molar-refractivity contribution in [3.05, 3.63) is 28.3 Å². The van der Waals surface area contributed by atoms with Crippen LogP contribution in [0, 0.1) is 0 Å². The minimum absolute atomic E-state index is 0.00461. The molecular weight excluding hydrogens is 290 g/mol. The maximum atomic E-state index is 11.5. The molecule has 0 bridgehead atoms. The molecule has 0 aliphatic heterocycles. The van der Waals surface area contributed by atoms with Gasteiger partial charge in [-0.15, -0.1) is 0 Å². The molecule has 0 aliphatic rings. The molecule has 2 atom stereocenters. The molecule has 1 rings (SSSR count). The number of carbonyl (C=O) groups is 2. The number of hydrogen-bond acceptors (Lipinski definition) is 6. The number of halogens is 1. The van der Waals surface area contributed by atoms with E-state index in [9.17, 15) is 19.8 Å². The number of carbonyl (C=O) groups excluding carboxylic acids is 1. The van der Waals surface area contributed by atoms with Gasteiger partial charge in [0.05, 0.1) is 25.2 Å². The van der Waals surface area contributed by atoms with E-state index in [1.54, 1.807) is 0 Å². The molecular formula is C12H14ClNO6. The Balaban J connectivity index is 3.17. The number of aliphatic carboxylic acids is 1.